The molecule has 1 unspecified atom stereocenters. The smallest absolute Gasteiger partial charge is 0.237 e. The van der Waals surface area contributed by atoms with E-state index in [0.717, 1.165) is 42.1 Å². The molecule has 1 fully saturated rings. The lowest BCUT2D eigenvalue weighted by molar-refractivity contribution is -0.116. The number of fused-ring (bicyclic) bond motifs is 2. The third kappa shape index (κ3) is 3.38. The molecular weight excluding hydrogens is 371 g/mol. The van der Waals surface area contributed by atoms with Gasteiger partial charge in [-0.25, -0.2) is 4.39 Å². The molecule has 2 aromatic carbocycles. The Morgan fingerprint density at radius 2 is 2.00 bits per heavy atom. The Morgan fingerprint density at radius 1 is 1.25 bits per heavy atom. The first-order valence-electron chi connectivity index (χ1n) is 9.77. The first-order chi connectivity index (χ1) is 13.7. The summed E-state index contributed by atoms with van der Waals surface area (Å²) in [5, 5.41) is 3.41. The molecule has 0 aliphatic carbocycles. The van der Waals surface area contributed by atoms with Gasteiger partial charge in [-0.15, -0.1) is 18.3 Å². The lowest BCUT2D eigenvalue weighted by Crippen LogP contribution is -2.52. The van der Waals surface area contributed by atoms with Crippen molar-refractivity contribution in [3.05, 3.63) is 72.6 Å². The van der Waals surface area contributed by atoms with Gasteiger partial charge in [0, 0.05) is 16.0 Å². The predicted molar refractivity (Wildman–Crippen MR) is 113 cm³/mol. The van der Waals surface area contributed by atoms with Crippen molar-refractivity contribution < 1.29 is 9.18 Å². The van der Waals surface area contributed by atoms with E-state index >= 15 is 0 Å². The Bertz CT molecular complexity index is 864. The van der Waals surface area contributed by atoms with E-state index in [1.807, 2.05) is 41.3 Å². The van der Waals surface area contributed by atoms with Crippen molar-refractivity contribution >= 4 is 23.4 Å². The minimum absolute atomic E-state index is 0.00669. The van der Waals surface area contributed by atoms with Crippen molar-refractivity contribution in [2.75, 3.05) is 23.7 Å². The molecule has 2 aliphatic heterocycles. The van der Waals surface area contributed by atoms with Crippen LogP contribution < -0.4 is 10.2 Å². The second-order valence-electron chi connectivity index (χ2n) is 7.47. The van der Waals surface area contributed by atoms with Crippen molar-refractivity contribution in [1.82, 2.24) is 5.32 Å². The molecule has 1 atom stereocenters. The number of halogens is 1. The fourth-order valence-corrected chi connectivity index (χ4v) is 5.49. The third-order valence-corrected chi connectivity index (χ3v) is 6.96. The number of hydrogen-bond acceptors (Lipinski definition) is 3. The zero-order chi connectivity index (χ0) is 19.6. The minimum Gasteiger partial charge on any atom is -0.317 e. The van der Waals surface area contributed by atoms with Gasteiger partial charge in [-0.1, -0.05) is 24.3 Å². The molecule has 1 amide bonds. The van der Waals surface area contributed by atoms with E-state index in [-0.39, 0.29) is 23.2 Å². The van der Waals surface area contributed by atoms with Crippen LogP contribution in [0.15, 0.2) is 66.1 Å². The molecule has 1 spiro atoms. The average molecular weight is 397 g/mol. The number of carbonyl (C=O) groups is 1. The summed E-state index contributed by atoms with van der Waals surface area (Å²) in [6, 6.07) is 14.8. The molecule has 0 saturated carbocycles. The van der Waals surface area contributed by atoms with Gasteiger partial charge in [-0.3, -0.25) is 4.79 Å². The van der Waals surface area contributed by atoms with Gasteiger partial charge >= 0.3 is 0 Å². The highest BCUT2D eigenvalue weighted by molar-refractivity contribution is 8.00. The number of nitrogens with one attached hydrogen (secondary N) is 1. The SMILES string of the molecule is C=CCC1N(C(=O)CSc2ccccc2)c2ccc(F)cc2C12CCNCC2. The standard InChI is InChI=1S/C23H25FN2OS/c1-2-6-21-23(11-13-25-14-12-23)19-15-17(24)9-10-20(19)26(21)22(27)16-28-18-7-4-3-5-8-18/h2-5,7-10,15,21,25H,1,6,11-14,16H2. The number of carbonyl (C=O) groups excluding carboxylic acids is 1. The topological polar surface area (TPSA) is 32.3 Å². The summed E-state index contributed by atoms with van der Waals surface area (Å²) in [5.74, 6) is 0.203. The molecule has 1 saturated heterocycles. The number of piperidine rings is 1. The molecule has 0 radical (unpaired) electrons. The number of benzene rings is 2. The highest BCUT2D eigenvalue weighted by atomic mass is 32.2. The first-order valence-corrected chi connectivity index (χ1v) is 10.8. The van der Waals surface area contributed by atoms with Gasteiger partial charge in [0.05, 0.1) is 11.8 Å². The zero-order valence-corrected chi connectivity index (χ0v) is 16.7. The molecule has 5 heteroatoms. The van der Waals surface area contributed by atoms with Crippen molar-refractivity contribution in [1.29, 1.82) is 0 Å². The lowest BCUT2D eigenvalue weighted by Gasteiger charge is -2.41. The van der Waals surface area contributed by atoms with Gasteiger partial charge in [-0.2, -0.15) is 0 Å². The molecule has 1 N–H and O–H groups in total. The van der Waals surface area contributed by atoms with Gasteiger partial charge in [0.2, 0.25) is 5.91 Å². The summed E-state index contributed by atoms with van der Waals surface area (Å²) in [6.07, 6.45) is 4.40. The second kappa shape index (κ2) is 8.10. The van der Waals surface area contributed by atoms with Gasteiger partial charge in [0.1, 0.15) is 5.82 Å². The van der Waals surface area contributed by atoms with Gasteiger partial charge < -0.3 is 10.2 Å². The lowest BCUT2D eigenvalue weighted by atomic mass is 9.69. The number of hydrogen-bond donors (Lipinski definition) is 1. The number of amides is 1. The van der Waals surface area contributed by atoms with Crippen LogP contribution in [0.4, 0.5) is 10.1 Å². The van der Waals surface area contributed by atoms with Crippen molar-refractivity contribution in [2.24, 2.45) is 0 Å². The van der Waals surface area contributed by atoms with Crippen LogP contribution in [0.5, 0.6) is 0 Å². The van der Waals surface area contributed by atoms with Crippen LogP contribution in [0.3, 0.4) is 0 Å². The molecule has 2 aliphatic rings. The zero-order valence-electron chi connectivity index (χ0n) is 15.9. The molecule has 2 aromatic rings. The van der Waals surface area contributed by atoms with Crippen LogP contribution in [0, 0.1) is 5.82 Å². The molecule has 0 aromatic heterocycles. The van der Waals surface area contributed by atoms with Gasteiger partial charge in [0.25, 0.3) is 0 Å². The second-order valence-corrected chi connectivity index (χ2v) is 8.52. The van der Waals surface area contributed by atoms with E-state index < -0.39 is 0 Å². The van der Waals surface area contributed by atoms with Crippen LogP contribution >= 0.6 is 11.8 Å². The molecule has 28 heavy (non-hydrogen) atoms. The fraction of sp³-hybridized carbons (Fsp3) is 0.348. The van der Waals surface area contributed by atoms with Crippen LogP contribution in [-0.4, -0.2) is 30.8 Å². The average Bonchev–Trinajstić information content (AvgIpc) is 2.97. The van der Waals surface area contributed by atoms with E-state index in [1.54, 1.807) is 23.9 Å². The number of nitrogens with zero attached hydrogens (tertiary/aromatic N) is 1. The Morgan fingerprint density at radius 3 is 2.71 bits per heavy atom. The number of anilines is 1. The first kappa shape index (κ1) is 19.2. The molecule has 0 bridgehead atoms. The Balaban J connectivity index is 1.68. The third-order valence-electron chi connectivity index (χ3n) is 5.96. The molecule has 146 valence electrons. The predicted octanol–water partition coefficient (Wildman–Crippen LogP) is 4.53. The number of thioether (sulfide) groups is 1. The van der Waals surface area contributed by atoms with E-state index in [4.69, 9.17) is 0 Å². The molecule has 4 rings (SSSR count). The Hall–Kier alpha value is -2.11. The summed E-state index contributed by atoms with van der Waals surface area (Å²) in [6.45, 7) is 5.70. The van der Waals surface area contributed by atoms with E-state index in [1.165, 1.54) is 6.07 Å². The van der Waals surface area contributed by atoms with Gasteiger partial charge in [-0.05, 0) is 68.2 Å². The van der Waals surface area contributed by atoms with Crippen LogP contribution in [0.2, 0.25) is 0 Å². The van der Waals surface area contributed by atoms with Crippen molar-refractivity contribution in [2.45, 2.75) is 35.6 Å². The fourth-order valence-electron chi connectivity index (χ4n) is 4.72. The van der Waals surface area contributed by atoms with E-state index in [2.05, 4.69) is 11.9 Å². The van der Waals surface area contributed by atoms with Crippen LogP contribution in [-0.2, 0) is 10.2 Å². The maximum Gasteiger partial charge on any atom is 0.237 e. The highest BCUT2D eigenvalue weighted by Gasteiger charge is 2.52. The quantitative estimate of drug-likeness (QED) is 0.595. The summed E-state index contributed by atoms with van der Waals surface area (Å²) >= 11 is 1.54. The largest absolute Gasteiger partial charge is 0.317 e. The van der Waals surface area contributed by atoms with Crippen LogP contribution in [0.1, 0.15) is 24.8 Å². The van der Waals surface area contributed by atoms with Crippen LogP contribution in [0.25, 0.3) is 0 Å². The monoisotopic (exact) mass is 396 g/mol. The molecule has 2 heterocycles. The summed E-state index contributed by atoms with van der Waals surface area (Å²) in [7, 11) is 0. The van der Waals surface area contributed by atoms with E-state index in [9.17, 15) is 9.18 Å². The summed E-state index contributed by atoms with van der Waals surface area (Å²) in [4.78, 5) is 16.3. The highest BCUT2D eigenvalue weighted by Crippen LogP contribution is 2.52. The van der Waals surface area contributed by atoms with E-state index in [0.29, 0.717) is 12.2 Å². The number of rotatable bonds is 5. The van der Waals surface area contributed by atoms with Crippen molar-refractivity contribution in [3.63, 3.8) is 0 Å². The molecule has 3 nitrogen and oxygen atoms in total. The normalized spacial score (nSPS) is 20.2. The molecular formula is C23H25FN2OS. The maximum absolute atomic E-state index is 14.2. The van der Waals surface area contributed by atoms with Crippen molar-refractivity contribution in [3.8, 4) is 0 Å². The maximum atomic E-state index is 14.2. The summed E-state index contributed by atoms with van der Waals surface area (Å²) < 4.78 is 14.2. The Labute approximate surface area is 170 Å². The minimum atomic E-state index is -0.234. The Kier molecular flexibility index (Phi) is 5.56. The summed E-state index contributed by atoms with van der Waals surface area (Å²) in [5.41, 5.74) is 1.65. The van der Waals surface area contributed by atoms with Gasteiger partial charge in [0.15, 0.2) is 0 Å².